The van der Waals surface area contributed by atoms with Crippen molar-refractivity contribution in [2.75, 3.05) is 6.61 Å². The Morgan fingerprint density at radius 3 is 2.55 bits per heavy atom. The minimum atomic E-state index is -1.04. The van der Waals surface area contributed by atoms with Gasteiger partial charge in [0.2, 0.25) is 5.91 Å². The van der Waals surface area contributed by atoms with Gasteiger partial charge < -0.3 is 15.2 Å². The van der Waals surface area contributed by atoms with Gasteiger partial charge in [0.15, 0.2) is 0 Å². The number of hydrogen-bond acceptors (Lipinski definition) is 3. The van der Waals surface area contributed by atoms with Crippen molar-refractivity contribution in [1.29, 1.82) is 0 Å². The van der Waals surface area contributed by atoms with Crippen molar-refractivity contribution in [2.45, 2.75) is 39.2 Å². The standard InChI is InChI=1S/C17H21NO4/c1-3-5-11-22-14-9-7-13(8-10-14)12-15(17(20)21)18-16(19)6-4-2/h7-10,15H,4,6,11-12H2,1-2H3,(H,18,19)(H,20,21)/t15-/m0/s1. The molecule has 0 spiro atoms. The SMILES string of the molecule is CC#CCOc1ccc(C[C@H](NC(=O)CCC)C(=O)O)cc1. The van der Waals surface area contributed by atoms with Gasteiger partial charge >= 0.3 is 5.97 Å². The van der Waals surface area contributed by atoms with E-state index in [1.807, 2.05) is 6.92 Å². The van der Waals surface area contributed by atoms with Crippen LogP contribution in [0.15, 0.2) is 24.3 Å². The van der Waals surface area contributed by atoms with E-state index in [0.29, 0.717) is 25.2 Å². The number of nitrogens with one attached hydrogen (secondary N) is 1. The van der Waals surface area contributed by atoms with Crippen molar-refractivity contribution in [3.8, 4) is 17.6 Å². The fraction of sp³-hybridized carbons (Fsp3) is 0.412. The zero-order chi connectivity index (χ0) is 16.4. The highest BCUT2D eigenvalue weighted by atomic mass is 16.5. The number of carboxylic acid groups (broad SMARTS) is 1. The third-order valence-corrected chi connectivity index (χ3v) is 2.96. The molecule has 0 radical (unpaired) electrons. The highest BCUT2D eigenvalue weighted by Gasteiger charge is 2.19. The summed E-state index contributed by atoms with van der Waals surface area (Å²) in [5.41, 5.74) is 0.818. The molecule has 0 saturated heterocycles. The van der Waals surface area contributed by atoms with Crippen LogP contribution < -0.4 is 10.1 Å². The number of amides is 1. The fourth-order valence-corrected chi connectivity index (χ4v) is 1.84. The van der Waals surface area contributed by atoms with Crippen molar-refractivity contribution in [2.24, 2.45) is 0 Å². The van der Waals surface area contributed by atoms with E-state index in [1.54, 1.807) is 31.2 Å². The Morgan fingerprint density at radius 2 is 2.00 bits per heavy atom. The highest BCUT2D eigenvalue weighted by Crippen LogP contribution is 2.13. The van der Waals surface area contributed by atoms with Crippen LogP contribution in [0.3, 0.4) is 0 Å². The fourth-order valence-electron chi connectivity index (χ4n) is 1.84. The van der Waals surface area contributed by atoms with Crippen LogP contribution >= 0.6 is 0 Å². The van der Waals surface area contributed by atoms with Crippen LogP contribution in [0.1, 0.15) is 32.3 Å². The predicted octanol–water partition coefficient (Wildman–Crippen LogP) is 2.00. The first-order chi connectivity index (χ1) is 10.6. The van der Waals surface area contributed by atoms with E-state index in [1.165, 1.54) is 0 Å². The van der Waals surface area contributed by atoms with Crippen LogP contribution in [0.25, 0.3) is 0 Å². The van der Waals surface area contributed by atoms with Gasteiger partial charge in [0.25, 0.3) is 0 Å². The summed E-state index contributed by atoms with van der Waals surface area (Å²) < 4.78 is 5.39. The van der Waals surface area contributed by atoms with Crippen LogP contribution in [-0.2, 0) is 16.0 Å². The van der Waals surface area contributed by atoms with Crippen molar-refractivity contribution >= 4 is 11.9 Å². The van der Waals surface area contributed by atoms with Gasteiger partial charge in [-0.1, -0.05) is 25.0 Å². The molecule has 5 heteroatoms. The van der Waals surface area contributed by atoms with E-state index in [2.05, 4.69) is 17.2 Å². The molecule has 0 unspecified atom stereocenters. The lowest BCUT2D eigenvalue weighted by atomic mass is 10.1. The second-order valence-corrected chi connectivity index (χ2v) is 4.77. The van der Waals surface area contributed by atoms with Crippen LogP contribution in [0.4, 0.5) is 0 Å². The molecule has 1 aromatic carbocycles. The van der Waals surface area contributed by atoms with Crippen LogP contribution in [0, 0.1) is 11.8 Å². The van der Waals surface area contributed by atoms with Crippen LogP contribution in [0.2, 0.25) is 0 Å². The Labute approximate surface area is 130 Å². The molecule has 0 bridgehead atoms. The van der Waals surface area contributed by atoms with E-state index < -0.39 is 12.0 Å². The molecule has 1 atom stereocenters. The zero-order valence-electron chi connectivity index (χ0n) is 12.9. The molecule has 1 amide bonds. The number of carbonyl (C=O) groups is 2. The predicted molar refractivity (Wildman–Crippen MR) is 83.6 cm³/mol. The Balaban J connectivity index is 2.63. The van der Waals surface area contributed by atoms with E-state index in [9.17, 15) is 14.7 Å². The lowest BCUT2D eigenvalue weighted by Gasteiger charge is -2.14. The maximum atomic E-state index is 11.5. The number of benzene rings is 1. The molecule has 0 aromatic heterocycles. The zero-order valence-corrected chi connectivity index (χ0v) is 12.9. The molecule has 0 aliphatic rings. The van der Waals surface area contributed by atoms with Crippen LogP contribution in [-0.4, -0.2) is 29.6 Å². The Morgan fingerprint density at radius 1 is 1.32 bits per heavy atom. The topological polar surface area (TPSA) is 75.6 Å². The van der Waals surface area contributed by atoms with Gasteiger partial charge in [-0.3, -0.25) is 4.79 Å². The Hall–Kier alpha value is -2.48. The molecule has 1 aromatic rings. The summed E-state index contributed by atoms with van der Waals surface area (Å²) in [6, 6.07) is 6.18. The third kappa shape index (κ3) is 6.31. The van der Waals surface area contributed by atoms with Gasteiger partial charge in [0, 0.05) is 12.8 Å². The number of carbonyl (C=O) groups excluding carboxylic acids is 1. The summed E-state index contributed by atoms with van der Waals surface area (Å²) in [6.45, 7) is 3.93. The van der Waals surface area contributed by atoms with E-state index in [4.69, 9.17) is 4.74 Å². The van der Waals surface area contributed by atoms with Crippen LogP contribution in [0.5, 0.6) is 5.75 Å². The molecular weight excluding hydrogens is 282 g/mol. The number of carboxylic acids is 1. The molecule has 5 nitrogen and oxygen atoms in total. The molecular formula is C17H21NO4. The molecule has 2 N–H and O–H groups in total. The second kappa shape index (κ2) is 9.46. The number of rotatable bonds is 8. The largest absolute Gasteiger partial charge is 0.481 e. The Bertz CT molecular complexity index is 554. The minimum absolute atomic E-state index is 0.236. The summed E-state index contributed by atoms with van der Waals surface area (Å²) in [6.07, 6.45) is 1.25. The van der Waals surface area contributed by atoms with Gasteiger partial charge in [-0.15, -0.1) is 5.92 Å². The summed E-state index contributed by atoms with van der Waals surface area (Å²) in [5, 5.41) is 11.7. The average molecular weight is 303 g/mol. The van der Waals surface area contributed by atoms with Crippen molar-refractivity contribution in [3.05, 3.63) is 29.8 Å². The summed E-state index contributed by atoms with van der Waals surface area (Å²) in [7, 11) is 0. The minimum Gasteiger partial charge on any atom is -0.481 e. The molecule has 0 aliphatic heterocycles. The second-order valence-electron chi connectivity index (χ2n) is 4.77. The van der Waals surface area contributed by atoms with Crippen molar-refractivity contribution < 1.29 is 19.4 Å². The maximum absolute atomic E-state index is 11.5. The first kappa shape index (κ1) is 17.6. The number of ether oxygens (including phenoxy) is 1. The van der Waals surface area contributed by atoms with E-state index >= 15 is 0 Å². The average Bonchev–Trinajstić information content (AvgIpc) is 2.48. The van der Waals surface area contributed by atoms with Crippen molar-refractivity contribution in [1.82, 2.24) is 5.32 Å². The first-order valence-corrected chi connectivity index (χ1v) is 7.20. The van der Waals surface area contributed by atoms with E-state index in [-0.39, 0.29) is 12.3 Å². The van der Waals surface area contributed by atoms with Crippen molar-refractivity contribution in [3.63, 3.8) is 0 Å². The lowest BCUT2D eigenvalue weighted by molar-refractivity contribution is -0.141. The molecule has 0 heterocycles. The van der Waals surface area contributed by atoms with Gasteiger partial charge in [-0.05, 0) is 31.0 Å². The molecule has 22 heavy (non-hydrogen) atoms. The summed E-state index contributed by atoms with van der Waals surface area (Å²) >= 11 is 0. The molecule has 1 rings (SSSR count). The molecule has 0 aliphatic carbocycles. The molecule has 0 fully saturated rings. The Kier molecular flexibility index (Phi) is 7.55. The summed E-state index contributed by atoms with van der Waals surface area (Å²) in [4.78, 5) is 22.8. The van der Waals surface area contributed by atoms with Gasteiger partial charge in [-0.25, -0.2) is 4.79 Å². The normalized spacial score (nSPS) is 11.0. The number of aliphatic carboxylic acids is 1. The van der Waals surface area contributed by atoms with Gasteiger partial charge in [0.05, 0.1) is 0 Å². The maximum Gasteiger partial charge on any atom is 0.326 e. The third-order valence-electron chi connectivity index (χ3n) is 2.96. The quantitative estimate of drug-likeness (QED) is 0.720. The van der Waals surface area contributed by atoms with Gasteiger partial charge in [-0.2, -0.15) is 0 Å². The smallest absolute Gasteiger partial charge is 0.326 e. The van der Waals surface area contributed by atoms with Gasteiger partial charge in [0.1, 0.15) is 18.4 Å². The monoisotopic (exact) mass is 303 g/mol. The molecule has 118 valence electrons. The molecule has 0 saturated carbocycles. The highest BCUT2D eigenvalue weighted by molar-refractivity contribution is 5.83. The lowest BCUT2D eigenvalue weighted by Crippen LogP contribution is -2.42. The first-order valence-electron chi connectivity index (χ1n) is 7.20. The number of hydrogen-bond donors (Lipinski definition) is 2. The van der Waals surface area contributed by atoms with E-state index in [0.717, 1.165) is 5.56 Å². The summed E-state index contributed by atoms with van der Waals surface area (Å²) in [5.74, 6) is 4.92.